The van der Waals surface area contributed by atoms with Crippen LogP contribution in [0.3, 0.4) is 0 Å². The van der Waals surface area contributed by atoms with E-state index in [1.54, 1.807) is 7.11 Å². The molecule has 0 amide bonds. The molecule has 0 aromatic heterocycles. The summed E-state index contributed by atoms with van der Waals surface area (Å²) in [4.78, 5) is 2.44. The average molecular weight is 263 g/mol. The Morgan fingerprint density at radius 2 is 2.21 bits per heavy atom. The van der Waals surface area contributed by atoms with Crippen LogP contribution in [0.25, 0.3) is 0 Å². The van der Waals surface area contributed by atoms with Crippen LogP contribution in [0, 0.1) is 0 Å². The molecule has 0 spiro atoms. The Bertz CT molecular complexity index is 390. The molecule has 1 fully saturated rings. The summed E-state index contributed by atoms with van der Waals surface area (Å²) >= 11 is 0. The summed E-state index contributed by atoms with van der Waals surface area (Å²) in [5, 5.41) is 10.4. The van der Waals surface area contributed by atoms with Crippen LogP contribution in [0.1, 0.15) is 44.3 Å². The second kappa shape index (κ2) is 6.92. The number of nitrogens with zero attached hydrogens (tertiary/aromatic N) is 1. The maximum absolute atomic E-state index is 10.4. The largest absolute Gasteiger partial charge is 0.497 e. The van der Waals surface area contributed by atoms with Gasteiger partial charge in [-0.3, -0.25) is 4.90 Å². The number of benzene rings is 1. The van der Waals surface area contributed by atoms with Crippen molar-refractivity contribution in [1.82, 2.24) is 4.90 Å². The standard InChI is InChI=1S/C16H25NO2/c1-3-4-10-17(14-8-9-14)12-16(18)13-6-5-7-15(11-13)19-2/h5-7,11,14,16,18H,3-4,8-10,12H2,1-2H3. The van der Waals surface area contributed by atoms with Crippen LogP contribution < -0.4 is 4.74 Å². The highest BCUT2D eigenvalue weighted by molar-refractivity contribution is 5.29. The maximum Gasteiger partial charge on any atom is 0.119 e. The third kappa shape index (κ3) is 4.22. The first-order valence-electron chi connectivity index (χ1n) is 7.30. The molecule has 0 saturated heterocycles. The fourth-order valence-corrected chi connectivity index (χ4v) is 2.40. The number of hydrogen-bond acceptors (Lipinski definition) is 3. The maximum atomic E-state index is 10.4. The molecule has 1 aliphatic rings. The molecule has 1 aromatic rings. The summed E-state index contributed by atoms with van der Waals surface area (Å²) in [5.41, 5.74) is 0.946. The van der Waals surface area contributed by atoms with Gasteiger partial charge in [0.05, 0.1) is 13.2 Å². The van der Waals surface area contributed by atoms with Gasteiger partial charge >= 0.3 is 0 Å². The van der Waals surface area contributed by atoms with E-state index in [0.717, 1.165) is 24.4 Å². The summed E-state index contributed by atoms with van der Waals surface area (Å²) in [6.45, 7) is 4.05. The molecule has 0 aliphatic heterocycles. The Labute approximate surface area is 116 Å². The highest BCUT2D eigenvalue weighted by Crippen LogP contribution is 2.29. The molecule has 0 bridgehead atoms. The first-order valence-corrected chi connectivity index (χ1v) is 7.30. The third-order valence-corrected chi connectivity index (χ3v) is 3.75. The first kappa shape index (κ1) is 14.4. The van der Waals surface area contributed by atoms with Crippen LogP contribution >= 0.6 is 0 Å². The van der Waals surface area contributed by atoms with Crippen LogP contribution in [0.15, 0.2) is 24.3 Å². The zero-order valence-corrected chi connectivity index (χ0v) is 12.0. The number of hydrogen-bond donors (Lipinski definition) is 1. The van der Waals surface area contributed by atoms with E-state index >= 15 is 0 Å². The van der Waals surface area contributed by atoms with Gasteiger partial charge in [-0.25, -0.2) is 0 Å². The molecule has 2 rings (SSSR count). The quantitative estimate of drug-likeness (QED) is 0.782. The van der Waals surface area contributed by atoms with Crippen LogP contribution in [0.2, 0.25) is 0 Å². The van der Waals surface area contributed by atoms with Crippen molar-refractivity contribution < 1.29 is 9.84 Å². The highest BCUT2D eigenvalue weighted by Gasteiger charge is 2.29. The number of aliphatic hydroxyl groups excluding tert-OH is 1. The van der Waals surface area contributed by atoms with E-state index in [2.05, 4.69) is 11.8 Å². The van der Waals surface area contributed by atoms with Crippen LogP contribution in [0.5, 0.6) is 5.75 Å². The number of ether oxygens (including phenoxy) is 1. The molecule has 3 heteroatoms. The summed E-state index contributed by atoms with van der Waals surface area (Å²) in [6.07, 6.45) is 4.57. The lowest BCUT2D eigenvalue weighted by atomic mass is 10.1. The molecule has 1 N–H and O–H groups in total. The van der Waals surface area contributed by atoms with Gasteiger partial charge in [0.1, 0.15) is 5.75 Å². The van der Waals surface area contributed by atoms with Gasteiger partial charge in [0.15, 0.2) is 0 Å². The summed E-state index contributed by atoms with van der Waals surface area (Å²) in [5.74, 6) is 0.808. The van der Waals surface area contributed by atoms with Gasteiger partial charge in [-0.05, 0) is 43.5 Å². The average Bonchev–Trinajstić information content (AvgIpc) is 3.27. The Balaban J connectivity index is 1.95. The molecule has 1 atom stereocenters. The smallest absolute Gasteiger partial charge is 0.119 e. The molecular formula is C16H25NO2. The predicted octanol–water partition coefficient (Wildman–Crippen LogP) is 2.99. The topological polar surface area (TPSA) is 32.7 Å². The van der Waals surface area contributed by atoms with Crippen molar-refractivity contribution in [2.75, 3.05) is 20.2 Å². The van der Waals surface area contributed by atoms with Crippen molar-refractivity contribution in [2.24, 2.45) is 0 Å². The zero-order chi connectivity index (χ0) is 13.7. The van der Waals surface area contributed by atoms with Crippen LogP contribution in [0.4, 0.5) is 0 Å². The molecule has 19 heavy (non-hydrogen) atoms. The number of rotatable bonds is 8. The Kier molecular flexibility index (Phi) is 5.23. The third-order valence-electron chi connectivity index (χ3n) is 3.75. The molecule has 1 saturated carbocycles. The van der Waals surface area contributed by atoms with E-state index in [4.69, 9.17) is 4.74 Å². The van der Waals surface area contributed by atoms with E-state index in [0.29, 0.717) is 6.04 Å². The zero-order valence-electron chi connectivity index (χ0n) is 12.0. The van der Waals surface area contributed by atoms with Gasteiger partial charge in [0.2, 0.25) is 0 Å². The summed E-state index contributed by atoms with van der Waals surface area (Å²) in [7, 11) is 1.66. The van der Waals surface area contributed by atoms with E-state index in [1.165, 1.54) is 25.7 Å². The summed E-state index contributed by atoms with van der Waals surface area (Å²) < 4.78 is 5.21. The van der Waals surface area contributed by atoms with Gasteiger partial charge in [-0.1, -0.05) is 25.5 Å². The number of methoxy groups -OCH3 is 1. The lowest BCUT2D eigenvalue weighted by molar-refractivity contribution is 0.107. The van der Waals surface area contributed by atoms with E-state index in [1.807, 2.05) is 24.3 Å². The Morgan fingerprint density at radius 1 is 1.42 bits per heavy atom. The molecular weight excluding hydrogens is 238 g/mol. The summed E-state index contributed by atoms with van der Waals surface area (Å²) in [6, 6.07) is 8.44. The normalized spacial score (nSPS) is 16.6. The fraction of sp³-hybridized carbons (Fsp3) is 0.625. The minimum Gasteiger partial charge on any atom is -0.497 e. The molecule has 3 nitrogen and oxygen atoms in total. The van der Waals surface area contributed by atoms with Gasteiger partial charge in [-0.2, -0.15) is 0 Å². The van der Waals surface area contributed by atoms with Gasteiger partial charge < -0.3 is 9.84 Å². The Hall–Kier alpha value is -1.06. The van der Waals surface area contributed by atoms with Gasteiger partial charge in [0, 0.05) is 12.6 Å². The molecule has 1 aliphatic carbocycles. The number of aliphatic hydroxyl groups is 1. The Morgan fingerprint density at radius 3 is 2.84 bits per heavy atom. The molecule has 1 aromatic carbocycles. The first-order chi connectivity index (χ1) is 9.24. The van der Waals surface area contributed by atoms with Crippen molar-refractivity contribution in [2.45, 2.75) is 44.8 Å². The van der Waals surface area contributed by atoms with Crippen molar-refractivity contribution in [1.29, 1.82) is 0 Å². The minimum absolute atomic E-state index is 0.424. The van der Waals surface area contributed by atoms with Crippen LogP contribution in [-0.4, -0.2) is 36.2 Å². The minimum atomic E-state index is -0.424. The predicted molar refractivity (Wildman–Crippen MR) is 77.5 cm³/mol. The van der Waals surface area contributed by atoms with E-state index in [-0.39, 0.29) is 0 Å². The van der Waals surface area contributed by atoms with Crippen molar-refractivity contribution in [3.63, 3.8) is 0 Å². The molecule has 1 unspecified atom stereocenters. The van der Waals surface area contributed by atoms with Gasteiger partial charge in [0.25, 0.3) is 0 Å². The monoisotopic (exact) mass is 263 g/mol. The molecule has 0 radical (unpaired) electrons. The van der Waals surface area contributed by atoms with Crippen LogP contribution in [-0.2, 0) is 0 Å². The molecule has 106 valence electrons. The lowest BCUT2D eigenvalue weighted by Crippen LogP contribution is -2.31. The second-order valence-electron chi connectivity index (χ2n) is 5.37. The lowest BCUT2D eigenvalue weighted by Gasteiger charge is -2.25. The van der Waals surface area contributed by atoms with Crippen molar-refractivity contribution >= 4 is 0 Å². The molecule has 0 heterocycles. The van der Waals surface area contributed by atoms with Crippen molar-refractivity contribution in [3.8, 4) is 5.75 Å². The number of unbranched alkanes of at least 4 members (excludes halogenated alkanes) is 1. The van der Waals surface area contributed by atoms with E-state index < -0.39 is 6.10 Å². The SMILES string of the molecule is CCCCN(CC(O)c1cccc(OC)c1)C1CC1. The second-order valence-corrected chi connectivity index (χ2v) is 5.37. The highest BCUT2D eigenvalue weighted by atomic mass is 16.5. The fourth-order valence-electron chi connectivity index (χ4n) is 2.40. The van der Waals surface area contributed by atoms with Crippen molar-refractivity contribution in [3.05, 3.63) is 29.8 Å². The van der Waals surface area contributed by atoms with E-state index in [9.17, 15) is 5.11 Å². The van der Waals surface area contributed by atoms with Gasteiger partial charge in [-0.15, -0.1) is 0 Å².